The molecule has 1 aliphatic heterocycles. The highest BCUT2D eigenvalue weighted by Gasteiger charge is 2.27. The van der Waals surface area contributed by atoms with E-state index in [1.54, 1.807) is 0 Å². The number of carbonyl (C=O) groups excluding carboxylic acids is 1. The molecule has 1 aliphatic carbocycles. The zero-order chi connectivity index (χ0) is 20.5. The Morgan fingerprint density at radius 2 is 1.80 bits per heavy atom. The van der Waals surface area contributed by atoms with Crippen LogP contribution in [0.3, 0.4) is 0 Å². The monoisotopic (exact) mass is 402 g/mol. The number of nitrogens with two attached hydrogens (primary N) is 1. The summed E-state index contributed by atoms with van der Waals surface area (Å²) in [5, 5.41) is 0.943. The van der Waals surface area contributed by atoms with Gasteiger partial charge in [0.2, 0.25) is 5.91 Å². The summed E-state index contributed by atoms with van der Waals surface area (Å²) in [5.41, 5.74) is 7.79. The summed E-state index contributed by atoms with van der Waals surface area (Å²) in [4.78, 5) is 32.6. The van der Waals surface area contributed by atoms with Crippen molar-refractivity contribution in [3.8, 4) is 11.4 Å². The number of anilines is 1. The van der Waals surface area contributed by atoms with Crippen molar-refractivity contribution in [2.45, 2.75) is 44.4 Å². The fourth-order valence-electron chi connectivity index (χ4n) is 4.57. The number of fused-ring (bicyclic) bond motifs is 1. The van der Waals surface area contributed by atoms with Crippen molar-refractivity contribution in [1.82, 2.24) is 19.9 Å². The SMILES string of the molecule is NC(=O)C1CCN(c2cccc(-c3ccc4cnc(C5CCCCC5)nc4n3)n2)C1. The summed E-state index contributed by atoms with van der Waals surface area (Å²) in [7, 11) is 0. The van der Waals surface area contributed by atoms with E-state index in [1.807, 2.05) is 36.5 Å². The Kier molecular flexibility index (Phi) is 5.02. The summed E-state index contributed by atoms with van der Waals surface area (Å²) in [6, 6.07) is 9.89. The van der Waals surface area contributed by atoms with Gasteiger partial charge in [0.15, 0.2) is 5.65 Å². The molecule has 2 fully saturated rings. The number of nitrogens with zero attached hydrogens (tertiary/aromatic N) is 5. The van der Waals surface area contributed by atoms with Gasteiger partial charge in [0, 0.05) is 30.6 Å². The smallest absolute Gasteiger partial charge is 0.222 e. The van der Waals surface area contributed by atoms with Gasteiger partial charge in [-0.2, -0.15) is 0 Å². The van der Waals surface area contributed by atoms with Crippen LogP contribution < -0.4 is 10.6 Å². The van der Waals surface area contributed by atoms with Gasteiger partial charge < -0.3 is 10.6 Å². The van der Waals surface area contributed by atoms with Crippen LogP contribution in [-0.4, -0.2) is 38.9 Å². The number of pyridine rings is 2. The van der Waals surface area contributed by atoms with Crippen LogP contribution >= 0.6 is 0 Å². The highest BCUT2D eigenvalue weighted by molar-refractivity contribution is 5.78. The predicted molar refractivity (Wildman–Crippen MR) is 116 cm³/mol. The molecule has 7 nitrogen and oxygen atoms in total. The van der Waals surface area contributed by atoms with Crippen molar-refractivity contribution in [3.63, 3.8) is 0 Å². The first-order valence-electron chi connectivity index (χ1n) is 10.8. The van der Waals surface area contributed by atoms with E-state index in [9.17, 15) is 4.79 Å². The molecule has 0 bridgehead atoms. The molecule has 2 aliphatic rings. The fourth-order valence-corrected chi connectivity index (χ4v) is 4.57. The lowest BCUT2D eigenvalue weighted by Crippen LogP contribution is -2.27. The maximum atomic E-state index is 11.5. The van der Waals surface area contributed by atoms with E-state index in [-0.39, 0.29) is 11.8 Å². The first-order chi connectivity index (χ1) is 14.7. The molecule has 7 heteroatoms. The van der Waals surface area contributed by atoms with Gasteiger partial charge >= 0.3 is 0 Å². The Bertz CT molecular complexity index is 1080. The van der Waals surface area contributed by atoms with E-state index in [2.05, 4.69) is 9.88 Å². The zero-order valence-corrected chi connectivity index (χ0v) is 17.0. The van der Waals surface area contributed by atoms with Gasteiger partial charge in [-0.05, 0) is 43.5 Å². The van der Waals surface area contributed by atoms with Gasteiger partial charge in [-0.25, -0.2) is 19.9 Å². The Balaban J connectivity index is 1.43. The van der Waals surface area contributed by atoms with Crippen molar-refractivity contribution in [1.29, 1.82) is 0 Å². The quantitative estimate of drug-likeness (QED) is 0.718. The third-order valence-electron chi connectivity index (χ3n) is 6.34. The van der Waals surface area contributed by atoms with Crippen LogP contribution in [0.25, 0.3) is 22.4 Å². The number of aromatic nitrogens is 4. The Morgan fingerprint density at radius 1 is 0.967 bits per heavy atom. The van der Waals surface area contributed by atoms with Crippen molar-refractivity contribution >= 4 is 22.8 Å². The molecule has 1 unspecified atom stereocenters. The second-order valence-corrected chi connectivity index (χ2v) is 8.39. The minimum absolute atomic E-state index is 0.107. The molecule has 1 saturated carbocycles. The molecule has 3 aromatic heterocycles. The fraction of sp³-hybridized carbons (Fsp3) is 0.435. The van der Waals surface area contributed by atoms with Crippen molar-refractivity contribution in [3.05, 3.63) is 42.4 Å². The molecule has 5 rings (SSSR count). The normalized spacial score (nSPS) is 20.0. The van der Waals surface area contributed by atoms with Crippen molar-refractivity contribution in [2.24, 2.45) is 11.7 Å². The minimum atomic E-state index is -0.238. The summed E-state index contributed by atoms with van der Waals surface area (Å²) in [6.07, 6.45) is 8.81. The average Bonchev–Trinajstić information content (AvgIpc) is 3.30. The number of primary amides is 1. The van der Waals surface area contributed by atoms with Crippen LogP contribution in [0, 0.1) is 5.92 Å². The minimum Gasteiger partial charge on any atom is -0.369 e. The molecule has 3 aromatic rings. The molecule has 0 aromatic carbocycles. The maximum Gasteiger partial charge on any atom is 0.222 e. The Labute approximate surface area is 175 Å². The highest BCUT2D eigenvalue weighted by atomic mass is 16.1. The number of hydrogen-bond donors (Lipinski definition) is 1. The van der Waals surface area contributed by atoms with Gasteiger partial charge in [-0.1, -0.05) is 25.3 Å². The van der Waals surface area contributed by atoms with Crippen LogP contribution in [0.5, 0.6) is 0 Å². The first kappa shape index (κ1) is 18.9. The van der Waals surface area contributed by atoms with Crippen LogP contribution in [-0.2, 0) is 4.79 Å². The van der Waals surface area contributed by atoms with E-state index in [0.717, 1.165) is 59.9 Å². The molecule has 0 spiro atoms. The van der Waals surface area contributed by atoms with E-state index in [1.165, 1.54) is 19.3 Å². The molecule has 1 atom stereocenters. The predicted octanol–water partition coefficient (Wildman–Crippen LogP) is 3.45. The molecule has 4 heterocycles. The number of rotatable bonds is 4. The lowest BCUT2D eigenvalue weighted by atomic mass is 9.89. The maximum absolute atomic E-state index is 11.5. The van der Waals surface area contributed by atoms with Crippen LogP contribution in [0.1, 0.15) is 50.3 Å². The van der Waals surface area contributed by atoms with E-state index in [0.29, 0.717) is 12.5 Å². The van der Waals surface area contributed by atoms with Crippen LogP contribution in [0.4, 0.5) is 5.82 Å². The van der Waals surface area contributed by atoms with Gasteiger partial charge in [-0.3, -0.25) is 4.79 Å². The van der Waals surface area contributed by atoms with Crippen LogP contribution in [0.2, 0.25) is 0 Å². The molecule has 30 heavy (non-hydrogen) atoms. The molecular weight excluding hydrogens is 376 g/mol. The van der Waals surface area contributed by atoms with Gasteiger partial charge in [0.05, 0.1) is 17.3 Å². The molecule has 0 radical (unpaired) electrons. The number of amides is 1. The largest absolute Gasteiger partial charge is 0.369 e. The molecule has 1 amide bonds. The summed E-state index contributed by atoms with van der Waals surface area (Å²) < 4.78 is 0. The standard InChI is InChI=1S/C23H26N6O/c24-21(30)17-11-12-29(14-17)20-8-4-7-18(26-20)19-10-9-16-13-25-22(28-23(16)27-19)15-5-2-1-3-6-15/h4,7-10,13,15,17H,1-3,5-6,11-12,14H2,(H2,24,30). The summed E-state index contributed by atoms with van der Waals surface area (Å²) >= 11 is 0. The Morgan fingerprint density at radius 3 is 2.60 bits per heavy atom. The highest BCUT2D eigenvalue weighted by Crippen LogP contribution is 2.31. The summed E-state index contributed by atoms with van der Waals surface area (Å²) in [6.45, 7) is 1.40. The van der Waals surface area contributed by atoms with E-state index < -0.39 is 0 Å². The topological polar surface area (TPSA) is 97.9 Å². The van der Waals surface area contributed by atoms with Crippen molar-refractivity contribution in [2.75, 3.05) is 18.0 Å². The first-order valence-corrected chi connectivity index (χ1v) is 10.8. The summed E-state index contributed by atoms with van der Waals surface area (Å²) in [5.74, 6) is 1.87. The second-order valence-electron chi connectivity index (χ2n) is 8.39. The Hall–Kier alpha value is -3.09. The van der Waals surface area contributed by atoms with Crippen LogP contribution in [0.15, 0.2) is 36.5 Å². The van der Waals surface area contributed by atoms with Gasteiger partial charge in [0.25, 0.3) is 0 Å². The second kappa shape index (κ2) is 7.97. The zero-order valence-electron chi connectivity index (χ0n) is 17.0. The molecule has 2 N–H and O–H groups in total. The lowest BCUT2D eigenvalue weighted by molar-refractivity contribution is -0.121. The van der Waals surface area contributed by atoms with E-state index >= 15 is 0 Å². The molecule has 1 saturated heterocycles. The van der Waals surface area contributed by atoms with Gasteiger partial charge in [-0.15, -0.1) is 0 Å². The number of carbonyl (C=O) groups is 1. The van der Waals surface area contributed by atoms with Gasteiger partial charge in [0.1, 0.15) is 11.6 Å². The molecular formula is C23H26N6O. The number of hydrogen-bond acceptors (Lipinski definition) is 6. The molecule has 154 valence electrons. The lowest BCUT2D eigenvalue weighted by Gasteiger charge is -2.20. The third kappa shape index (κ3) is 3.72. The van der Waals surface area contributed by atoms with Crippen molar-refractivity contribution < 1.29 is 4.79 Å². The van der Waals surface area contributed by atoms with E-state index in [4.69, 9.17) is 20.7 Å². The third-order valence-corrected chi connectivity index (χ3v) is 6.34. The average molecular weight is 403 g/mol.